The molecule has 5 heteroatoms. The van der Waals surface area contributed by atoms with Crippen molar-refractivity contribution in [1.29, 1.82) is 0 Å². The summed E-state index contributed by atoms with van der Waals surface area (Å²) in [7, 11) is 0. The largest absolute Gasteiger partial charge is 0.468 e. The van der Waals surface area contributed by atoms with Gasteiger partial charge in [0, 0.05) is 26.2 Å². The van der Waals surface area contributed by atoms with Crippen molar-refractivity contribution in [2.75, 3.05) is 26.2 Å². The third kappa shape index (κ3) is 2.28. The van der Waals surface area contributed by atoms with Gasteiger partial charge in [0.15, 0.2) is 0 Å². The highest BCUT2D eigenvalue weighted by Crippen LogP contribution is 2.34. The number of nitrogens with zero attached hydrogens (tertiary/aromatic N) is 2. The molecule has 5 nitrogen and oxygen atoms in total. The Morgan fingerprint density at radius 3 is 2.61 bits per heavy atom. The highest BCUT2D eigenvalue weighted by molar-refractivity contribution is 5.89. The fourth-order valence-corrected chi connectivity index (χ4v) is 2.40. The van der Waals surface area contributed by atoms with E-state index in [0.717, 1.165) is 51.3 Å². The van der Waals surface area contributed by atoms with Gasteiger partial charge in [-0.25, -0.2) is 0 Å². The van der Waals surface area contributed by atoms with Gasteiger partial charge in [-0.2, -0.15) is 0 Å². The molecule has 1 aromatic heterocycles. The zero-order valence-electron chi connectivity index (χ0n) is 10.5. The third-order valence-electron chi connectivity index (χ3n) is 3.83. The molecular formula is C13H19N3O2. The monoisotopic (exact) mass is 249 g/mol. The van der Waals surface area contributed by atoms with E-state index in [-0.39, 0.29) is 5.91 Å². The molecule has 0 bridgehead atoms. The van der Waals surface area contributed by atoms with Crippen LogP contribution in [-0.4, -0.2) is 47.4 Å². The average molecular weight is 249 g/mol. The number of carbonyl (C=O) groups is 1. The van der Waals surface area contributed by atoms with Gasteiger partial charge in [-0.3, -0.25) is 9.69 Å². The van der Waals surface area contributed by atoms with Gasteiger partial charge in [0.25, 0.3) is 0 Å². The average Bonchev–Trinajstić information content (AvgIpc) is 2.93. The van der Waals surface area contributed by atoms with Gasteiger partial charge in [0.05, 0.1) is 18.3 Å². The van der Waals surface area contributed by atoms with E-state index in [2.05, 4.69) is 4.90 Å². The number of amides is 1. The van der Waals surface area contributed by atoms with Crippen LogP contribution in [0.2, 0.25) is 0 Å². The van der Waals surface area contributed by atoms with E-state index >= 15 is 0 Å². The molecule has 3 rings (SSSR count). The number of rotatable bonds is 3. The summed E-state index contributed by atoms with van der Waals surface area (Å²) in [5.74, 6) is 1.12. The third-order valence-corrected chi connectivity index (χ3v) is 3.83. The minimum absolute atomic E-state index is 0.139. The van der Waals surface area contributed by atoms with E-state index in [9.17, 15) is 4.79 Å². The molecule has 2 fully saturated rings. The molecule has 1 aliphatic carbocycles. The topological polar surface area (TPSA) is 62.7 Å². The Balaban J connectivity index is 1.50. The van der Waals surface area contributed by atoms with Crippen molar-refractivity contribution >= 4 is 5.91 Å². The Bertz CT molecular complexity index is 417. The lowest BCUT2D eigenvalue weighted by atomic mass is 10.2. The van der Waals surface area contributed by atoms with Crippen molar-refractivity contribution in [2.24, 2.45) is 5.73 Å². The second-order valence-electron chi connectivity index (χ2n) is 5.30. The molecular weight excluding hydrogens is 230 g/mol. The molecule has 98 valence electrons. The molecule has 1 aromatic rings. The van der Waals surface area contributed by atoms with Crippen molar-refractivity contribution in [1.82, 2.24) is 9.80 Å². The zero-order chi connectivity index (χ0) is 12.6. The maximum atomic E-state index is 12.1. The van der Waals surface area contributed by atoms with E-state index in [4.69, 9.17) is 10.2 Å². The quantitative estimate of drug-likeness (QED) is 0.843. The normalized spacial score (nSPS) is 23.1. The molecule has 2 heterocycles. The van der Waals surface area contributed by atoms with Crippen LogP contribution in [0.1, 0.15) is 18.6 Å². The van der Waals surface area contributed by atoms with Crippen LogP contribution in [0.25, 0.3) is 0 Å². The fraction of sp³-hybridized carbons (Fsp3) is 0.615. The number of nitrogens with two attached hydrogens (primary N) is 1. The first-order valence-corrected chi connectivity index (χ1v) is 6.50. The van der Waals surface area contributed by atoms with Crippen LogP contribution in [0, 0.1) is 0 Å². The Morgan fingerprint density at radius 1 is 1.33 bits per heavy atom. The van der Waals surface area contributed by atoms with E-state index in [0.29, 0.717) is 0 Å². The van der Waals surface area contributed by atoms with Crippen LogP contribution in [0.5, 0.6) is 0 Å². The summed E-state index contributed by atoms with van der Waals surface area (Å²) in [5, 5.41) is 0. The van der Waals surface area contributed by atoms with Gasteiger partial charge in [0.1, 0.15) is 5.76 Å². The van der Waals surface area contributed by atoms with Gasteiger partial charge in [-0.15, -0.1) is 0 Å². The lowest BCUT2D eigenvalue weighted by Crippen LogP contribution is -2.53. The standard InChI is InChI=1S/C13H19N3O2/c14-13(3-4-13)12(17)16-7-5-15(6-8-16)10-11-2-1-9-18-11/h1-2,9H,3-8,10,14H2. The molecule has 1 amide bonds. The molecule has 1 saturated heterocycles. The molecule has 1 aliphatic heterocycles. The number of piperazine rings is 1. The Hall–Kier alpha value is -1.33. The Labute approximate surface area is 107 Å². The van der Waals surface area contributed by atoms with Crippen LogP contribution in [0.4, 0.5) is 0 Å². The van der Waals surface area contributed by atoms with E-state index in [1.54, 1.807) is 6.26 Å². The van der Waals surface area contributed by atoms with Crippen molar-refractivity contribution in [3.05, 3.63) is 24.2 Å². The summed E-state index contributed by atoms with van der Waals surface area (Å²) in [6.07, 6.45) is 3.39. The Morgan fingerprint density at radius 2 is 2.06 bits per heavy atom. The van der Waals surface area contributed by atoms with Crippen LogP contribution in [0.15, 0.2) is 22.8 Å². The molecule has 18 heavy (non-hydrogen) atoms. The second kappa shape index (κ2) is 4.40. The molecule has 2 N–H and O–H groups in total. The lowest BCUT2D eigenvalue weighted by Gasteiger charge is -2.35. The number of hydrogen-bond donors (Lipinski definition) is 1. The van der Waals surface area contributed by atoms with Gasteiger partial charge in [0.2, 0.25) is 5.91 Å². The smallest absolute Gasteiger partial charge is 0.242 e. The molecule has 1 saturated carbocycles. The van der Waals surface area contributed by atoms with Gasteiger partial charge in [-0.05, 0) is 25.0 Å². The Kier molecular flexibility index (Phi) is 2.87. The van der Waals surface area contributed by atoms with E-state index < -0.39 is 5.54 Å². The SMILES string of the molecule is NC1(C(=O)N2CCN(Cc3ccco3)CC2)CC1. The van der Waals surface area contributed by atoms with E-state index in [1.165, 1.54) is 0 Å². The van der Waals surface area contributed by atoms with Crippen LogP contribution < -0.4 is 5.73 Å². The summed E-state index contributed by atoms with van der Waals surface area (Å²) in [4.78, 5) is 16.3. The lowest BCUT2D eigenvalue weighted by molar-refractivity contribution is -0.135. The summed E-state index contributed by atoms with van der Waals surface area (Å²) < 4.78 is 5.33. The molecule has 0 unspecified atom stereocenters. The van der Waals surface area contributed by atoms with Gasteiger partial charge >= 0.3 is 0 Å². The van der Waals surface area contributed by atoms with Crippen molar-refractivity contribution in [3.63, 3.8) is 0 Å². The molecule has 0 aromatic carbocycles. The van der Waals surface area contributed by atoms with Crippen molar-refractivity contribution in [2.45, 2.75) is 24.9 Å². The van der Waals surface area contributed by atoms with E-state index in [1.807, 2.05) is 17.0 Å². The maximum absolute atomic E-state index is 12.1. The van der Waals surface area contributed by atoms with Crippen LogP contribution >= 0.6 is 0 Å². The summed E-state index contributed by atoms with van der Waals surface area (Å²) in [6.45, 7) is 4.16. The van der Waals surface area contributed by atoms with Gasteiger partial charge < -0.3 is 15.1 Å². The summed E-state index contributed by atoms with van der Waals surface area (Å²) >= 11 is 0. The predicted molar refractivity (Wildman–Crippen MR) is 66.7 cm³/mol. The first kappa shape index (κ1) is 11.7. The van der Waals surface area contributed by atoms with Crippen LogP contribution in [-0.2, 0) is 11.3 Å². The highest BCUT2D eigenvalue weighted by Gasteiger charge is 2.48. The van der Waals surface area contributed by atoms with Gasteiger partial charge in [-0.1, -0.05) is 0 Å². The zero-order valence-corrected chi connectivity index (χ0v) is 10.5. The minimum atomic E-state index is -0.525. The number of furan rings is 1. The van der Waals surface area contributed by atoms with Crippen LogP contribution in [0.3, 0.4) is 0 Å². The van der Waals surface area contributed by atoms with Crippen molar-refractivity contribution < 1.29 is 9.21 Å². The molecule has 0 spiro atoms. The maximum Gasteiger partial charge on any atom is 0.242 e. The number of hydrogen-bond acceptors (Lipinski definition) is 4. The minimum Gasteiger partial charge on any atom is -0.468 e. The number of carbonyl (C=O) groups excluding carboxylic acids is 1. The first-order valence-electron chi connectivity index (χ1n) is 6.50. The molecule has 0 atom stereocenters. The highest BCUT2D eigenvalue weighted by atomic mass is 16.3. The fourth-order valence-electron chi connectivity index (χ4n) is 2.40. The molecule has 2 aliphatic rings. The predicted octanol–water partition coefficient (Wildman–Crippen LogP) is 0.415. The summed E-state index contributed by atoms with van der Waals surface area (Å²) in [6, 6.07) is 3.89. The summed E-state index contributed by atoms with van der Waals surface area (Å²) in [5.41, 5.74) is 5.42. The first-order chi connectivity index (χ1) is 8.67. The second-order valence-corrected chi connectivity index (χ2v) is 5.30. The molecule has 0 radical (unpaired) electrons. The van der Waals surface area contributed by atoms with Crippen molar-refractivity contribution in [3.8, 4) is 0 Å².